The Balaban J connectivity index is 1.98. The lowest BCUT2D eigenvalue weighted by atomic mass is 9.98. The highest BCUT2D eigenvalue weighted by Crippen LogP contribution is 2.19. The van der Waals surface area contributed by atoms with Gasteiger partial charge in [-0.05, 0) is 44.7 Å². The number of rotatable bonds is 5. The lowest BCUT2D eigenvalue weighted by molar-refractivity contribution is 0.0570. The van der Waals surface area contributed by atoms with E-state index >= 15 is 0 Å². The van der Waals surface area contributed by atoms with Crippen LogP contribution in [0.5, 0.6) is 0 Å². The first-order valence-corrected chi connectivity index (χ1v) is 7.61. The first kappa shape index (κ1) is 15.8. The maximum atomic E-state index is 12.5. The summed E-state index contributed by atoms with van der Waals surface area (Å²) in [7, 11) is 1.71. The molecule has 1 aliphatic rings. The summed E-state index contributed by atoms with van der Waals surface area (Å²) >= 11 is 0. The quantitative estimate of drug-likeness (QED) is 0.905. The third-order valence-corrected chi connectivity index (χ3v) is 3.66. The Morgan fingerprint density at radius 2 is 2.33 bits per heavy atom. The van der Waals surface area contributed by atoms with E-state index in [9.17, 15) is 4.79 Å². The zero-order valence-corrected chi connectivity index (χ0v) is 13.1. The second-order valence-corrected chi connectivity index (χ2v) is 5.95. The van der Waals surface area contributed by atoms with E-state index in [0.717, 1.165) is 38.4 Å². The monoisotopic (exact) mass is 291 g/mol. The molecule has 0 aromatic carbocycles. The third-order valence-electron chi connectivity index (χ3n) is 3.66. The van der Waals surface area contributed by atoms with Crippen LogP contribution >= 0.6 is 0 Å². The molecule has 5 heteroatoms. The number of likely N-dealkylation sites (tertiary alicyclic amines) is 1. The summed E-state index contributed by atoms with van der Waals surface area (Å²) in [6.45, 7) is 6.44. The number of ether oxygens (including phenoxy) is 1. The van der Waals surface area contributed by atoms with Gasteiger partial charge in [0.2, 0.25) is 0 Å². The van der Waals surface area contributed by atoms with E-state index in [1.807, 2.05) is 17.0 Å². The molecule has 21 heavy (non-hydrogen) atoms. The summed E-state index contributed by atoms with van der Waals surface area (Å²) in [5.41, 5.74) is 0.655. The van der Waals surface area contributed by atoms with Gasteiger partial charge in [0.05, 0.1) is 12.2 Å². The SMILES string of the molecule is COC[C@@H]1CCCN(C(=O)c2ccc(NC(C)C)nc2)C1. The van der Waals surface area contributed by atoms with Gasteiger partial charge in [-0.25, -0.2) is 4.98 Å². The van der Waals surface area contributed by atoms with Gasteiger partial charge >= 0.3 is 0 Å². The van der Waals surface area contributed by atoms with Crippen LogP contribution in [-0.2, 0) is 4.74 Å². The van der Waals surface area contributed by atoms with Gasteiger partial charge in [-0.15, -0.1) is 0 Å². The summed E-state index contributed by atoms with van der Waals surface area (Å²) in [4.78, 5) is 18.7. The van der Waals surface area contributed by atoms with Gasteiger partial charge < -0.3 is 15.0 Å². The standard InChI is InChI=1S/C16H25N3O2/c1-12(2)18-15-7-6-14(9-17-15)16(20)19-8-4-5-13(10-19)11-21-3/h6-7,9,12-13H,4-5,8,10-11H2,1-3H3,(H,17,18)/t13-/m1/s1. The van der Waals surface area contributed by atoms with Crippen LogP contribution in [0.1, 0.15) is 37.0 Å². The largest absolute Gasteiger partial charge is 0.384 e. The van der Waals surface area contributed by atoms with Crippen molar-refractivity contribution in [2.45, 2.75) is 32.7 Å². The van der Waals surface area contributed by atoms with E-state index in [0.29, 0.717) is 17.5 Å². The number of carbonyl (C=O) groups is 1. The lowest BCUT2D eigenvalue weighted by Crippen LogP contribution is -2.41. The lowest BCUT2D eigenvalue weighted by Gasteiger charge is -2.32. The highest BCUT2D eigenvalue weighted by molar-refractivity contribution is 5.94. The number of anilines is 1. The second kappa shape index (κ2) is 7.41. The number of methoxy groups -OCH3 is 1. The van der Waals surface area contributed by atoms with E-state index in [4.69, 9.17) is 4.74 Å². The first-order chi connectivity index (χ1) is 10.1. The Kier molecular flexibility index (Phi) is 5.56. The fourth-order valence-corrected chi connectivity index (χ4v) is 2.71. The molecular weight excluding hydrogens is 266 g/mol. The number of nitrogens with one attached hydrogen (secondary N) is 1. The molecule has 0 saturated carbocycles. The van der Waals surface area contributed by atoms with E-state index in [-0.39, 0.29) is 5.91 Å². The molecule has 1 amide bonds. The molecule has 1 aliphatic heterocycles. The Bertz CT molecular complexity index is 457. The van der Waals surface area contributed by atoms with Gasteiger partial charge in [0.25, 0.3) is 5.91 Å². The molecule has 1 fully saturated rings. The average molecular weight is 291 g/mol. The van der Waals surface area contributed by atoms with E-state index in [2.05, 4.69) is 24.1 Å². The minimum Gasteiger partial charge on any atom is -0.384 e. The minimum atomic E-state index is 0.0689. The number of hydrogen-bond acceptors (Lipinski definition) is 4. The molecule has 116 valence electrons. The van der Waals surface area contributed by atoms with Crippen LogP contribution in [0.3, 0.4) is 0 Å². The Hall–Kier alpha value is -1.62. The van der Waals surface area contributed by atoms with Crippen LogP contribution in [0.25, 0.3) is 0 Å². The molecule has 0 aliphatic carbocycles. The zero-order chi connectivity index (χ0) is 15.2. The number of hydrogen-bond donors (Lipinski definition) is 1. The Morgan fingerprint density at radius 3 is 2.95 bits per heavy atom. The number of nitrogens with zero attached hydrogens (tertiary/aromatic N) is 2. The topological polar surface area (TPSA) is 54.5 Å². The van der Waals surface area contributed by atoms with Crippen molar-refractivity contribution in [2.75, 3.05) is 32.1 Å². The van der Waals surface area contributed by atoms with Crippen molar-refractivity contribution < 1.29 is 9.53 Å². The van der Waals surface area contributed by atoms with Gasteiger partial charge in [-0.3, -0.25) is 4.79 Å². The first-order valence-electron chi connectivity index (χ1n) is 7.61. The number of aromatic nitrogens is 1. The summed E-state index contributed by atoms with van der Waals surface area (Å²) in [5.74, 6) is 1.32. The van der Waals surface area contributed by atoms with Gasteiger partial charge in [0, 0.05) is 32.4 Å². The van der Waals surface area contributed by atoms with Crippen molar-refractivity contribution in [1.29, 1.82) is 0 Å². The van der Waals surface area contributed by atoms with Crippen molar-refractivity contribution in [1.82, 2.24) is 9.88 Å². The molecule has 1 saturated heterocycles. The van der Waals surface area contributed by atoms with E-state index in [1.54, 1.807) is 13.3 Å². The molecule has 2 heterocycles. The van der Waals surface area contributed by atoms with Crippen LogP contribution in [-0.4, -0.2) is 48.6 Å². The predicted octanol–water partition coefficient (Wildman–Crippen LogP) is 2.40. The molecule has 1 atom stereocenters. The minimum absolute atomic E-state index is 0.0689. The highest BCUT2D eigenvalue weighted by atomic mass is 16.5. The maximum Gasteiger partial charge on any atom is 0.255 e. The molecular formula is C16H25N3O2. The van der Waals surface area contributed by atoms with Crippen LogP contribution in [0.2, 0.25) is 0 Å². The summed E-state index contributed by atoms with van der Waals surface area (Å²) in [6.07, 6.45) is 3.83. The summed E-state index contributed by atoms with van der Waals surface area (Å²) < 4.78 is 5.21. The van der Waals surface area contributed by atoms with Crippen LogP contribution in [0.15, 0.2) is 18.3 Å². The number of amides is 1. The van der Waals surface area contributed by atoms with E-state index < -0.39 is 0 Å². The summed E-state index contributed by atoms with van der Waals surface area (Å²) in [5, 5.41) is 3.22. The zero-order valence-electron chi connectivity index (χ0n) is 13.1. The van der Waals surface area contributed by atoms with Crippen molar-refractivity contribution >= 4 is 11.7 Å². The van der Waals surface area contributed by atoms with Gasteiger partial charge in [0.1, 0.15) is 5.82 Å². The molecule has 0 bridgehead atoms. The van der Waals surface area contributed by atoms with E-state index in [1.165, 1.54) is 0 Å². The molecule has 0 spiro atoms. The Labute approximate surface area is 126 Å². The van der Waals surface area contributed by atoms with Crippen LogP contribution in [0, 0.1) is 5.92 Å². The van der Waals surface area contributed by atoms with Crippen molar-refractivity contribution in [3.8, 4) is 0 Å². The molecule has 1 aromatic heterocycles. The molecule has 1 N–H and O–H groups in total. The maximum absolute atomic E-state index is 12.5. The number of pyridine rings is 1. The molecule has 1 aromatic rings. The molecule has 0 unspecified atom stereocenters. The normalized spacial score (nSPS) is 18.9. The smallest absolute Gasteiger partial charge is 0.255 e. The molecule has 2 rings (SSSR count). The third kappa shape index (κ3) is 4.43. The average Bonchev–Trinajstić information content (AvgIpc) is 2.47. The highest BCUT2D eigenvalue weighted by Gasteiger charge is 2.24. The van der Waals surface area contributed by atoms with Gasteiger partial charge in [0.15, 0.2) is 0 Å². The van der Waals surface area contributed by atoms with Crippen molar-refractivity contribution in [2.24, 2.45) is 5.92 Å². The van der Waals surface area contributed by atoms with Gasteiger partial charge in [-0.1, -0.05) is 0 Å². The number of carbonyl (C=O) groups excluding carboxylic acids is 1. The predicted molar refractivity (Wildman–Crippen MR) is 83.5 cm³/mol. The fraction of sp³-hybridized carbons (Fsp3) is 0.625. The molecule has 0 radical (unpaired) electrons. The Morgan fingerprint density at radius 1 is 1.52 bits per heavy atom. The molecule has 5 nitrogen and oxygen atoms in total. The van der Waals surface area contributed by atoms with Crippen LogP contribution in [0.4, 0.5) is 5.82 Å². The second-order valence-electron chi connectivity index (χ2n) is 5.95. The fourth-order valence-electron chi connectivity index (χ4n) is 2.71. The van der Waals surface area contributed by atoms with Gasteiger partial charge in [-0.2, -0.15) is 0 Å². The van der Waals surface area contributed by atoms with Crippen molar-refractivity contribution in [3.05, 3.63) is 23.9 Å². The summed E-state index contributed by atoms with van der Waals surface area (Å²) in [6, 6.07) is 4.04. The van der Waals surface area contributed by atoms with Crippen molar-refractivity contribution in [3.63, 3.8) is 0 Å². The van der Waals surface area contributed by atoms with Crippen LogP contribution < -0.4 is 5.32 Å². The number of piperidine rings is 1.